The van der Waals surface area contributed by atoms with Crippen molar-refractivity contribution < 1.29 is 24.5 Å². The fourth-order valence-corrected chi connectivity index (χ4v) is 2.93. The van der Waals surface area contributed by atoms with Crippen molar-refractivity contribution in [2.24, 2.45) is 0 Å². The van der Waals surface area contributed by atoms with E-state index in [9.17, 15) is 19.8 Å². The van der Waals surface area contributed by atoms with Crippen molar-refractivity contribution in [3.63, 3.8) is 0 Å². The third kappa shape index (κ3) is 4.59. The van der Waals surface area contributed by atoms with E-state index in [0.29, 0.717) is 11.1 Å². The summed E-state index contributed by atoms with van der Waals surface area (Å²) in [4.78, 5) is 26.7. The fourth-order valence-electron chi connectivity index (χ4n) is 2.93. The van der Waals surface area contributed by atoms with E-state index in [1.54, 1.807) is 43.3 Å². The highest BCUT2D eigenvalue weighted by molar-refractivity contribution is 6.15. The van der Waals surface area contributed by atoms with Gasteiger partial charge in [0.05, 0.1) is 19.7 Å². The topological polar surface area (TPSA) is 87.1 Å². The Kier molecular flexibility index (Phi) is 5.79. The Morgan fingerprint density at radius 3 is 1.75 bits per heavy atom. The number of piperidine rings is 1. The Labute approximate surface area is 163 Å². The van der Waals surface area contributed by atoms with Crippen LogP contribution < -0.4 is 0 Å². The van der Waals surface area contributed by atoms with Gasteiger partial charge in [0.15, 0.2) is 5.78 Å². The zero-order valence-electron chi connectivity index (χ0n) is 15.5. The van der Waals surface area contributed by atoms with E-state index < -0.39 is 6.09 Å². The monoisotopic (exact) mass is 379 g/mol. The van der Waals surface area contributed by atoms with Crippen LogP contribution in [0.5, 0.6) is 11.5 Å². The molecule has 0 bridgehead atoms. The molecule has 0 aromatic heterocycles. The van der Waals surface area contributed by atoms with Crippen molar-refractivity contribution in [3.05, 3.63) is 70.8 Å². The van der Waals surface area contributed by atoms with Crippen LogP contribution in [-0.2, 0) is 9.53 Å². The first-order valence-corrected chi connectivity index (χ1v) is 8.92. The maximum Gasteiger partial charge on any atom is 0.410 e. The average molecular weight is 379 g/mol. The number of amides is 1. The molecule has 28 heavy (non-hydrogen) atoms. The molecule has 2 aromatic rings. The molecule has 1 heterocycles. The molecular formula is C22H21NO5. The Morgan fingerprint density at radius 1 is 0.929 bits per heavy atom. The summed E-state index contributed by atoms with van der Waals surface area (Å²) < 4.78 is 5.10. The molecule has 0 unspecified atom stereocenters. The highest BCUT2D eigenvalue weighted by Gasteiger charge is 2.29. The largest absolute Gasteiger partial charge is 0.508 e. The third-order valence-corrected chi connectivity index (χ3v) is 4.30. The molecule has 3 rings (SSSR count). The molecule has 6 heteroatoms. The number of aromatic hydroxyl groups is 2. The molecule has 2 N–H and O–H groups in total. The Morgan fingerprint density at radius 2 is 1.36 bits per heavy atom. The van der Waals surface area contributed by atoms with Crippen LogP contribution in [0.2, 0.25) is 0 Å². The summed E-state index contributed by atoms with van der Waals surface area (Å²) >= 11 is 0. The zero-order valence-corrected chi connectivity index (χ0v) is 15.5. The molecule has 1 aliphatic heterocycles. The lowest BCUT2D eigenvalue weighted by Crippen LogP contribution is -2.41. The Balaban J connectivity index is 1.96. The summed E-state index contributed by atoms with van der Waals surface area (Å²) in [6.07, 6.45) is 2.93. The summed E-state index contributed by atoms with van der Waals surface area (Å²) in [5.41, 5.74) is 2.40. The van der Waals surface area contributed by atoms with Crippen molar-refractivity contribution in [1.29, 1.82) is 0 Å². The normalized spacial score (nSPS) is 17.2. The van der Waals surface area contributed by atoms with Gasteiger partial charge in [-0.15, -0.1) is 0 Å². The average Bonchev–Trinajstić information content (AvgIpc) is 2.68. The molecule has 6 nitrogen and oxygen atoms in total. The number of likely N-dealkylation sites (tertiary alicyclic amines) is 1. The van der Waals surface area contributed by atoms with Gasteiger partial charge < -0.3 is 14.9 Å². The van der Waals surface area contributed by atoms with Crippen LogP contribution >= 0.6 is 0 Å². The van der Waals surface area contributed by atoms with Gasteiger partial charge in [-0.25, -0.2) is 4.79 Å². The van der Waals surface area contributed by atoms with Crippen LogP contribution in [0.1, 0.15) is 18.1 Å². The molecule has 144 valence electrons. The number of rotatable bonds is 3. The van der Waals surface area contributed by atoms with E-state index in [1.165, 1.54) is 29.2 Å². The summed E-state index contributed by atoms with van der Waals surface area (Å²) in [7, 11) is 0. The number of Topliss-reactive ketones (excluding diaryl/α,β-unsaturated/α-hetero) is 1. The van der Waals surface area contributed by atoms with Crippen LogP contribution in [0.4, 0.5) is 4.79 Å². The van der Waals surface area contributed by atoms with Crippen LogP contribution in [-0.4, -0.2) is 46.7 Å². The molecule has 1 aliphatic rings. The number of ketones is 1. The molecular weight excluding hydrogens is 358 g/mol. The number of carbonyl (C=O) groups is 2. The summed E-state index contributed by atoms with van der Waals surface area (Å²) in [5.74, 6) is 0.123. The second-order valence-corrected chi connectivity index (χ2v) is 6.41. The SMILES string of the molecule is CCOC(=O)N1CC(=Cc2ccc(O)cc2)C(=O)C(=Cc2ccc(O)cc2)C1. The molecule has 0 aliphatic carbocycles. The van der Waals surface area contributed by atoms with Crippen LogP contribution in [0.15, 0.2) is 59.7 Å². The lowest BCUT2D eigenvalue weighted by atomic mass is 9.94. The van der Waals surface area contributed by atoms with Gasteiger partial charge in [-0.3, -0.25) is 9.69 Å². The summed E-state index contributed by atoms with van der Waals surface area (Å²) in [5, 5.41) is 18.9. The second-order valence-electron chi connectivity index (χ2n) is 6.41. The highest BCUT2D eigenvalue weighted by atomic mass is 16.6. The van der Waals surface area contributed by atoms with Crippen molar-refractivity contribution in [3.8, 4) is 11.5 Å². The number of hydrogen-bond acceptors (Lipinski definition) is 5. The summed E-state index contributed by atoms with van der Waals surface area (Å²) in [6, 6.07) is 12.9. The van der Waals surface area contributed by atoms with Crippen molar-refractivity contribution in [2.45, 2.75) is 6.92 Å². The molecule has 2 aromatic carbocycles. The maximum absolute atomic E-state index is 13.0. The maximum atomic E-state index is 13.0. The van der Waals surface area contributed by atoms with E-state index >= 15 is 0 Å². The highest BCUT2D eigenvalue weighted by Crippen LogP contribution is 2.24. The molecule has 1 fully saturated rings. The number of hydrogen-bond donors (Lipinski definition) is 2. The van der Waals surface area contributed by atoms with Crippen LogP contribution in [0.25, 0.3) is 12.2 Å². The predicted octanol–water partition coefficient (Wildman–Crippen LogP) is 3.61. The molecule has 0 saturated carbocycles. The number of phenolic OH excluding ortho intramolecular Hbond substituents is 2. The molecule has 1 saturated heterocycles. The predicted molar refractivity (Wildman–Crippen MR) is 106 cm³/mol. The number of benzene rings is 2. The van der Waals surface area contributed by atoms with Gasteiger partial charge in [0, 0.05) is 11.1 Å². The quantitative estimate of drug-likeness (QED) is 0.796. The van der Waals surface area contributed by atoms with E-state index in [2.05, 4.69) is 0 Å². The van der Waals surface area contributed by atoms with Gasteiger partial charge in [-0.2, -0.15) is 0 Å². The Bertz CT molecular complexity index is 859. The van der Waals surface area contributed by atoms with Gasteiger partial charge in [-0.1, -0.05) is 24.3 Å². The summed E-state index contributed by atoms with van der Waals surface area (Å²) in [6.45, 7) is 2.27. The third-order valence-electron chi connectivity index (χ3n) is 4.30. The van der Waals surface area contributed by atoms with Crippen LogP contribution in [0, 0.1) is 0 Å². The number of nitrogens with zero attached hydrogens (tertiary/aromatic N) is 1. The molecule has 0 spiro atoms. The first-order chi connectivity index (χ1) is 13.5. The number of carbonyl (C=O) groups excluding carboxylic acids is 2. The smallest absolute Gasteiger partial charge is 0.410 e. The van der Waals surface area contributed by atoms with E-state index in [4.69, 9.17) is 4.74 Å². The second kappa shape index (κ2) is 8.43. The molecule has 0 atom stereocenters. The van der Waals surface area contributed by atoms with Crippen molar-refractivity contribution in [1.82, 2.24) is 4.90 Å². The molecule has 1 amide bonds. The number of phenols is 2. The zero-order chi connectivity index (χ0) is 20.1. The van der Waals surface area contributed by atoms with Gasteiger partial charge in [0.2, 0.25) is 0 Å². The standard InChI is InChI=1S/C22H21NO5/c1-2-28-22(27)23-13-17(11-15-3-7-19(24)8-4-15)21(26)18(14-23)12-16-5-9-20(25)10-6-16/h3-12,24-25H,2,13-14H2,1H3. The lowest BCUT2D eigenvalue weighted by Gasteiger charge is -2.29. The lowest BCUT2D eigenvalue weighted by molar-refractivity contribution is -0.113. The van der Waals surface area contributed by atoms with Gasteiger partial charge >= 0.3 is 6.09 Å². The molecule has 0 radical (unpaired) electrons. The van der Waals surface area contributed by atoms with E-state index in [0.717, 1.165) is 11.1 Å². The fraction of sp³-hybridized carbons (Fsp3) is 0.182. The van der Waals surface area contributed by atoms with Gasteiger partial charge in [-0.05, 0) is 54.5 Å². The minimum atomic E-state index is -0.483. The van der Waals surface area contributed by atoms with Crippen molar-refractivity contribution >= 4 is 24.0 Å². The van der Waals surface area contributed by atoms with Crippen LogP contribution in [0.3, 0.4) is 0 Å². The van der Waals surface area contributed by atoms with Gasteiger partial charge in [0.1, 0.15) is 11.5 Å². The minimum Gasteiger partial charge on any atom is -0.508 e. The minimum absolute atomic E-state index is 0.137. The number of ether oxygens (including phenoxy) is 1. The first-order valence-electron chi connectivity index (χ1n) is 8.92. The van der Waals surface area contributed by atoms with E-state index in [1.807, 2.05) is 0 Å². The first kappa shape index (κ1) is 19.2. The van der Waals surface area contributed by atoms with Gasteiger partial charge in [0.25, 0.3) is 0 Å². The Hall–Kier alpha value is -3.54. The van der Waals surface area contributed by atoms with E-state index in [-0.39, 0.29) is 37.0 Å². The van der Waals surface area contributed by atoms with Crippen molar-refractivity contribution in [2.75, 3.05) is 19.7 Å².